The van der Waals surface area contributed by atoms with Gasteiger partial charge in [-0.25, -0.2) is 0 Å². The fourth-order valence-electron chi connectivity index (χ4n) is 1.64. The van der Waals surface area contributed by atoms with E-state index in [0.29, 0.717) is 13.0 Å². The van der Waals surface area contributed by atoms with E-state index in [2.05, 4.69) is 5.32 Å². The molecule has 0 spiro atoms. The van der Waals surface area contributed by atoms with Gasteiger partial charge in [-0.15, -0.1) is 0 Å². The van der Waals surface area contributed by atoms with E-state index in [1.807, 2.05) is 26.8 Å². The molecule has 0 fully saturated rings. The number of aliphatic hydroxyl groups excluding tert-OH is 1. The minimum atomic E-state index is -0.487. The summed E-state index contributed by atoms with van der Waals surface area (Å²) in [6.45, 7) is 8.56. The van der Waals surface area contributed by atoms with Crippen LogP contribution < -0.4 is 10.1 Å². The number of ether oxygens (including phenoxy) is 1. The molecule has 0 aliphatic carbocycles. The molecule has 1 atom stereocenters. The summed E-state index contributed by atoms with van der Waals surface area (Å²) in [5.74, 6) is 0.236. The molecule has 1 rings (SSSR count). The Kier molecular flexibility index (Phi) is 6.11. The molecule has 1 aromatic carbocycles. The van der Waals surface area contributed by atoms with Crippen LogP contribution in [0.1, 0.15) is 39.7 Å². The van der Waals surface area contributed by atoms with Gasteiger partial charge in [-0.1, -0.05) is 6.07 Å². The maximum Gasteiger partial charge on any atom is 0.311 e. The van der Waals surface area contributed by atoms with Gasteiger partial charge >= 0.3 is 5.69 Å². The van der Waals surface area contributed by atoms with E-state index in [4.69, 9.17) is 4.74 Å². The molecule has 1 aromatic rings. The largest absolute Gasteiger partial charge is 0.487 e. The van der Waals surface area contributed by atoms with Crippen molar-refractivity contribution in [1.29, 1.82) is 0 Å². The van der Waals surface area contributed by atoms with Gasteiger partial charge in [-0.05, 0) is 39.3 Å². The number of nitro groups is 1. The minimum absolute atomic E-state index is 0.0474. The van der Waals surface area contributed by atoms with Crippen LogP contribution in [0, 0.1) is 10.1 Å². The molecule has 1 unspecified atom stereocenters. The number of aliphatic hydroxyl groups is 1. The lowest BCUT2D eigenvalue weighted by Crippen LogP contribution is -2.35. The first-order chi connectivity index (χ1) is 9.69. The van der Waals surface area contributed by atoms with Gasteiger partial charge in [0.05, 0.1) is 17.6 Å². The van der Waals surface area contributed by atoms with Gasteiger partial charge in [0, 0.05) is 24.6 Å². The van der Waals surface area contributed by atoms with Crippen molar-refractivity contribution in [1.82, 2.24) is 5.32 Å². The molecule has 2 N–H and O–H groups in total. The zero-order valence-electron chi connectivity index (χ0n) is 13.0. The lowest BCUT2D eigenvalue weighted by molar-refractivity contribution is -0.385. The van der Waals surface area contributed by atoms with Gasteiger partial charge in [-0.3, -0.25) is 10.1 Å². The monoisotopic (exact) mass is 296 g/mol. The molecule has 0 aliphatic heterocycles. The standard InChI is InChI=1S/C15H24N2O4/c1-11(18)7-8-21-14-6-5-12(9-13(14)17(19)20)10-16-15(2,3)4/h5-6,9,11,16,18H,7-8,10H2,1-4H3. The number of benzene rings is 1. The fraction of sp³-hybridized carbons (Fsp3) is 0.600. The topological polar surface area (TPSA) is 84.6 Å². The molecule has 0 heterocycles. The van der Waals surface area contributed by atoms with Crippen LogP contribution in [-0.4, -0.2) is 28.3 Å². The van der Waals surface area contributed by atoms with Crippen LogP contribution in [0.5, 0.6) is 5.75 Å². The Morgan fingerprint density at radius 3 is 2.62 bits per heavy atom. The predicted molar refractivity (Wildman–Crippen MR) is 81.5 cm³/mol. The van der Waals surface area contributed by atoms with Crippen molar-refractivity contribution in [3.8, 4) is 5.75 Å². The summed E-state index contributed by atoms with van der Waals surface area (Å²) in [5, 5.41) is 23.6. The minimum Gasteiger partial charge on any atom is -0.487 e. The summed E-state index contributed by atoms with van der Waals surface area (Å²) in [7, 11) is 0. The molecule has 0 bridgehead atoms. The summed E-state index contributed by atoms with van der Waals surface area (Å²) >= 11 is 0. The van der Waals surface area contributed by atoms with E-state index in [0.717, 1.165) is 5.56 Å². The van der Waals surface area contributed by atoms with Gasteiger partial charge in [0.2, 0.25) is 0 Å². The highest BCUT2D eigenvalue weighted by Gasteiger charge is 2.17. The van der Waals surface area contributed by atoms with Crippen LogP contribution in [0.2, 0.25) is 0 Å². The van der Waals surface area contributed by atoms with Crippen LogP contribution in [0.25, 0.3) is 0 Å². The predicted octanol–water partition coefficient (Wildman–Crippen LogP) is 2.63. The molecular weight excluding hydrogens is 272 g/mol. The average Bonchev–Trinajstić information content (AvgIpc) is 2.35. The second-order valence-electron chi connectivity index (χ2n) is 6.15. The van der Waals surface area contributed by atoms with Crippen LogP contribution in [-0.2, 0) is 6.54 Å². The smallest absolute Gasteiger partial charge is 0.311 e. The lowest BCUT2D eigenvalue weighted by Gasteiger charge is -2.20. The summed E-state index contributed by atoms with van der Waals surface area (Å²) in [5.41, 5.74) is 0.731. The number of nitrogens with zero attached hydrogens (tertiary/aromatic N) is 1. The zero-order valence-corrected chi connectivity index (χ0v) is 13.0. The van der Waals surface area contributed by atoms with E-state index >= 15 is 0 Å². The number of nitrogens with one attached hydrogen (secondary N) is 1. The summed E-state index contributed by atoms with van der Waals surface area (Å²) in [4.78, 5) is 10.7. The molecule has 6 nitrogen and oxygen atoms in total. The van der Waals surface area contributed by atoms with E-state index in [-0.39, 0.29) is 23.6 Å². The Morgan fingerprint density at radius 2 is 2.10 bits per heavy atom. The van der Waals surface area contributed by atoms with Crippen molar-refractivity contribution in [2.45, 2.75) is 52.3 Å². The van der Waals surface area contributed by atoms with Crippen LogP contribution in [0.4, 0.5) is 5.69 Å². The van der Waals surface area contributed by atoms with Crippen molar-refractivity contribution in [2.24, 2.45) is 0 Å². The van der Waals surface area contributed by atoms with E-state index in [1.54, 1.807) is 13.0 Å². The molecule has 0 saturated carbocycles. The Bertz CT molecular complexity index is 481. The summed E-state index contributed by atoms with van der Waals surface area (Å²) in [6, 6.07) is 4.94. The molecule has 0 radical (unpaired) electrons. The third-order valence-corrected chi connectivity index (χ3v) is 2.84. The molecule has 0 saturated heterocycles. The molecule has 118 valence electrons. The van der Waals surface area contributed by atoms with E-state index in [1.165, 1.54) is 6.07 Å². The maximum atomic E-state index is 11.1. The highest BCUT2D eigenvalue weighted by atomic mass is 16.6. The molecule has 0 amide bonds. The molecular formula is C15H24N2O4. The first-order valence-electron chi connectivity index (χ1n) is 7.02. The van der Waals surface area contributed by atoms with Crippen molar-refractivity contribution in [3.05, 3.63) is 33.9 Å². The number of rotatable bonds is 7. The molecule has 0 aliphatic rings. The lowest BCUT2D eigenvalue weighted by atomic mass is 10.1. The Hall–Kier alpha value is -1.66. The highest BCUT2D eigenvalue weighted by Crippen LogP contribution is 2.28. The fourth-order valence-corrected chi connectivity index (χ4v) is 1.64. The first-order valence-corrected chi connectivity index (χ1v) is 7.02. The Balaban J connectivity index is 2.79. The van der Waals surface area contributed by atoms with Gasteiger partial charge < -0.3 is 15.2 Å². The van der Waals surface area contributed by atoms with E-state index < -0.39 is 11.0 Å². The number of nitro benzene ring substituents is 1. The highest BCUT2D eigenvalue weighted by molar-refractivity contribution is 5.48. The Labute approximate surface area is 125 Å². The van der Waals surface area contributed by atoms with Gasteiger partial charge in [0.1, 0.15) is 0 Å². The maximum absolute atomic E-state index is 11.1. The van der Waals surface area contributed by atoms with Crippen molar-refractivity contribution < 1.29 is 14.8 Å². The zero-order chi connectivity index (χ0) is 16.0. The average molecular weight is 296 g/mol. The molecule has 0 aromatic heterocycles. The third-order valence-electron chi connectivity index (χ3n) is 2.84. The molecule has 21 heavy (non-hydrogen) atoms. The first kappa shape index (κ1) is 17.4. The Morgan fingerprint density at radius 1 is 1.43 bits per heavy atom. The van der Waals surface area contributed by atoms with Gasteiger partial charge in [0.15, 0.2) is 5.75 Å². The molecule has 6 heteroatoms. The van der Waals surface area contributed by atoms with Crippen LogP contribution in [0.15, 0.2) is 18.2 Å². The second kappa shape index (κ2) is 7.38. The van der Waals surface area contributed by atoms with Gasteiger partial charge in [0.25, 0.3) is 0 Å². The summed E-state index contributed by atoms with van der Waals surface area (Å²) in [6.07, 6.45) is -0.0517. The van der Waals surface area contributed by atoms with E-state index in [9.17, 15) is 15.2 Å². The number of hydrogen-bond donors (Lipinski definition) is 2. The quantitative estimate of drug-likeness (QED) is 0.597. The van der Waals surface area contributed by atoms with Crippen LogP contribution in [0.3, 0.4) is 0 Å². The van der Waals surface area contributed by atoms with Gasteiger partial charge in [-0.2, -0.15) is 0 Å². The third kappa shape index (κ3) is 6.55. The van der Waals surface area contributed by atoms with Crippen LogP contribution >= 0.6 is 0 Å². The van der Waals surface area contributed by atoms with Crippen molar-refractivity contribution >= 4 is 5.69 Å². The summed E-state index contributed by atoms with van der Waals surface area (Å²) < 4.78 is 5.39. The normalized spacial score (nSPS) is 13.0. The van der Waals surface area contributed by atoms with Crippen molar-refractivity contribution in [3.63, 3.8) is 0 Å². The second-order valence-corrected chi connectivity index (χ2v) is 6.15. The van der Waals surface area contributed by atoms with Crippen molar-refractivity contribution in [2.75, 3.05) is 6.61 Å². The SMILES string of the molecule is CC(O)CCOc1ccc(CNC(C)(C)C)cc1[N+](=O)[O-]. The number of hydrogen-bond acceptors (Lipinski definition) is 5.